The van der Waals surface area contributed by atoms with Gasteiger partial charge in [-0.15, -0.1) is 0 Å². The van der Waals surface area contributed by atoms with Crippen LogP contribution in [0.3, 0.4) is 0 Å². The molecule has 0 unspecified atom stereocenters. The molecule has 0 bridgehead atoms. The van der Waals surface area contributed by atoms with Crippen molar-refractivity contribution in [1.82, 2.24) is 9.78 Å². The molecule has 1 aromatic carbocycles. The highest BCUT2D eigenvalue weighted by atomic mass is 35.5. The van der Waals surface area contributed by atoms with Crippen LogP contribution in [0.2, 0.25) is 5.02 Å². The summed E-state index contributed by atoms with van der Waals surface area (Å²) in [6, 6.07) is 6.75. The number of rotatable bonds is 4. The molecule has 0 aliphatic carbocycles. The van der Waals surface area contributed by atoms with E-state index in [9.17, 15) is 9.90 Å². The zero-order valence-electron chi connectivity index (χ0n) is 11.3. The molecule has 0 atom stereocenters. The summed E-state index contributed by atoms with van der Waals surface area (Å²) in [6.45, 7) is 4.23. The summed E-state index contributed by atoms with van der Waals surface area (Å²) in [5.41, 5.74) is 1.16. The third-order valence-electron chi connectivity index (χ3n) is 2.85. The molecule has 0 aliphatic rings. The Kier molecular flexibility index (Phi) is 4.29. The van der Waals surface area contributed by atoms with E-state index in [1.54, 1.807) is 30.5 Å². The molecule has 0 saturated heterocycles. The largest absolute Gasteiger partial charge is 0.508 e. The second-order valence-corrected chi connectivity index (χ2v) is 5.11. The molecule has 2 aromatic rings. The SMILES string of the molecule is CC(C)n1ncc(NCc2ccc(O)cc2)c(Cl)c1=O. The zero-order chi connectivity index (χ0) is 14.7. The summed E-state index contributed by atoms with van der Waals surface area (Å²) in [4.78, 5) is 12.0. The Morgan fingerprint density at radius 1 is 1.35 bits per heavy atom. The van der Waals surface area contributed by atoms with Crippen LogP contribution in [0, 0.1) is 0 Å². The number of anilines is 1. The molecule has 0 fully saturated rings. The fourth-order valence-electron chi connectivity index (χ4n) is 1.75. The highest BCUT2D eigenvalue weighted by Crippen LogP contribution is 2.18. The van der Waals surface area contributed by atoms with Crippen LogP contribution >= 0.6 is 11.6 Å². The summed E-state index contributed by atoms with van der Waals surface area (Å²) in [7, 11) is 0. The Hall–Kier alpha value is -2.01. The number of benzene rings is 1. The molecule has 2 rings (SSSR count). The van der Waals surface area contributed by atoms with Crippen molar-refractivity contribution < 1.29 is 5.11 Å². The summed E-state index contributed by atoms with van der Waals surface area (Å²) >= 11 is 6.06. The van der Waals surface area contributed by atoms with Crippen molar-refractivity contribution in [1.29, 1.82) is 0 Å². The molecule has 1 heterocycles. The Morgan fingerprint density at radius 3 is 2.60 bits per heavy atom. The standard InChI is InChI=1S/C14H16ClN3O2/c1-9(2)18-14(20)13(15)12(8-17-18)16-7-10-3-5-11(19)6-4-10/h3-6,8-9,16,19H,7H2,1-2H3. The van der Waals surface area contributed by atoms with E-state index in [0.29, 0.717) is 12.2 Å². The lowest BCUT2D eigenvalue weighted by atomic mass is 10.2. The number of aromatic hydroxyl groups is 1. The normalized spacial score (nSPS) is 10.8. The number of phenols is 1. The predicted molar refractivity (Wildman–Crippen MR) is 79.3 cm³/mol. The van der Waals surface area contributed by atoms with Gasteiger partial charge in [-0.05, 0) is 31.5 Å². The molecule has 0 saturated carbocycles. The van der Waals surface area contributed by atoms with Crippen molar-refractivity contribution in [3.63, 3.8) is 0 Å². The van der Waals surface area contributed by atoms with E-state index in [4.69, 9.17) is 11.6 Å². The monoisotopic (exact) mass is 293 g/mol. The molecule has 0 aliphatic heterocycles. The number of aromatic nitrogens is 2. The fraction of sp³-hybridized carbons (Fsp3) is 0.286. The maximum absolute atomic E-state index is 12.0. The van der Waals surface area contributed by atoms with Crippen LogP contribution in [-0.2, 0) is 6.54 Å². The maximum atomic E-state index is 12.0. The molecule has 2 N–H and O–H groups in total. The van der Waals surface area contributed by atoms with Gasteiger partial charge >= 0.3 is 0 Å². The molecule has 106 valence electrons. The number of phenolic OH excluding ortho intramolecular Hbond substituents is 1. The lowest BCUT2D eigenvalue weighted by Gasteiger charge is -2.12. The minimum Gasteiger partial charge on any atom is -0.508 e. The van der Waals surface area contributed by atoms with Gasteiger partial charge < -0.3 is 10.4 Å². The second-order valence-electron chi connectivity index (χ2n) is 4.74. The maximum Gasteiger partial charge on any atom is 0.287 e. The topological polar surface area (TPSA) is 67.2 Å². The summed E-state index contributed by atoms with van der Waals surface area (Å²) in [5, 5.41) is 16.5. The molecule has 5 nitrogen and oxygen atoms in total. The van der Waals surface area contributed by atoms with E-state index in [1.807, 2.05) is 13.8 Å². The van der Waals surface area contributed by atoms with Gasteiger partial charge in [-0.2, -0.15) is 5.10 Å². The highest BCUT2D eigenvalue weighted by Gasteiger charge is 2.10. The van der Waals surface area contributed by atoms with Crippen LogP contribution < -0.4 is 10.9 Å². The third-order valence-corrected chi connectivity index (χ3v) is 3.22. The molecule has 0 spiro atoms. The molecule has 6 heteroatoms. The lowest BCUT2D eigenvalue weighted by molar-refractivity contribution is 0.475. The third kappa shape index (κ3) is 3.11. The van der Waals surface area contributed by atoms with Gasteiger partial charge in [0.25, 0.3) is 5.56 Å². The van der Waals surface area contributed by atoms with Gasteiger partial charge in [0.1, 0.15) is 10.8 Å². The van der Waals surface area contributed by atoms with Crippen LogP contribution in [0.1, 0.15) is 25.5 Å². The van der Waals surface area contributed by atoms with Crippen molar-refractivity contribution >= 4 is 17.3 Å². The van der Waals surface area contributed by atoms with Crippen LogP contribution in [0.15, 0.2) is 35.3 Å². The summed E-state index contributed by atoms with van der Waals surface area (Å²) in [6.07, 6.45) is 1.55. The van der Waals surface area contributed by atoms with Crippen molar-refractivity contribution in [2.24, 2.45) is 0 Å². The molecular weight excluding hydrogens is 278 g/mol. The highest BCUT2D eigenvalue weighted by molar-refractivity contribution is 6.32. The summed E-state index contributed by atoms with van der Waals surface area (Å²) in [5.74, 6) is 0.216. The van der Waals surface area contributed by atoms with Gasteiger partial charge in [0.15, 0.2) is 0 Å². The van der Waals surface area contributed by atoms with E-state index in [-0.39, 0.29) is 22.4 Å². The average molecular weight is 294 g/mol. The van der Waals surface area contributed by atoms with Gasteiger partial charge in [-0.25, -0.2) is 4.68 Å². The number of hydrogen-bond donors (Lipinski definition) is 2. The predicted octanol–water partition coefficient (Wildman–Crippen LogP) is 2.80. The van der Waals surface area contributed by atoms with Gasteiger partial charge in [-0.1, -0.05) is 23.7 Å². The first-order valence-electron chi connectivity index (χ1n) is 6.28. The van der Waals surface area contributed by atoms with Crippen molar-refractivity contribution in [3.05, 3.63) is 51.4 Å². The number of nitrogens with one attached hydrogen (secondary N) is 1. The minimum absolute atomic E-state index is 0.0360. The number of nitrogens with zero attached hydrogens (tertiary/aromatic N) is 2. The number of halogens is 1. The molecule has 20 heavy (non-hydrogen) atoms. The van der Waals surface area contributed by atoms with Gasteiger partial charge in [0.05, 0.1) is 17.9 Å². The minimum atomic E-state index is -0.308. The van der Waals surface area contributed by atoms with E-state index in [1.165, 1.54) is 4.68 Å². The zero-order valence-corrected chi connectivity index (χ0v) is 12.1. The van der Waals surface area contributed by atoms with Crippen LogP contribution in [0.25, 0.3) is 0 Å². The smallest absolute Gasteiger partial charge is 0.287 e. The number of hydrogen-bond acceptors (Lipinski definition) is 4. The Morgan fingerprint density at radius 2 is 2.00 bits per heavy atom. The lowest BCUT2D eigenvalue weighted by Crippen LogP contribution is -2.25. The van der Waals surface area contributed by atoms with Crippen LogP contribution in [-0.4, -0.2) is 14.9 Å². The Labute approximate surface area is 121 Å². The first kappa shape index (κ1) is 14.4. The van der Waals surface area contributed by atoms with E-state index in [2.05, 4.69) is 10.4 Å². The first-order valence-corrected chi connectivity index (χ1v) is 6.66. The van der Waals surface area contributed by atoms with Crippen LogP contribution in [0.4, 0.5) is 5.69 Å². The second kappa shape index (κ2) is 5.96. The van der Waals surface area contributed by atoms with Crippen molar-refractivity contribution in [2.75, 3.05) is 5.32 Å². The van der Waals surface area contributed by atoms with Crippen molar-refractivity contribution in [2.45, 2.75) is 26.4 Å². The van der Waals surface area contributed by atoms with E-state index < -0.39 is 0 Å². The molecule has 0 amide bonds. The summed E-state index contributed by atoms with van der Waals surface area (Å²) < 4.78 is 1.34. The van der Waals surface area contributed by atoms with E-state index >= 15 is 0 Å². The van der Waals surface area contributed by atoms with Crippen LogP contribution in [0.5, 0.6) is 5.75 Å². The molecular formula is C14H16ClN3O2. The molecule has 0 radical (unpaired) electrons. The van der Waals surface area contributed by atoms with Gasteiger partial charge in [0.2, 0.25) is 0 Å². The Balaban J connectivity index is 2.16. The Bertz CT molecular complexity index is 650. The van der Waals surface area contributed by atoms with Gasteiger partial charge in [0, 0.05) is 6.54 Å². The average Bonchev–Trinajstić information content (AvgIpc) is 2.42. The first-order chi connectivity index (χ1) is 9.49. The fourth-order valence-corrected chi connectivity index (χ4v) is 1.95. The molecule has 1 aromatic heterocycles. The van der Waals surface area contributed by atoms with Crippen molar-refractivity contribution in [3.8, 4) is 5.75 Å². The quantitative estimate of drug-likeness (QED) is 0.909. The van der Waals surface area contributed by atoms with Gasteiger partial charge in [-0.3, -0.25) is 4.79 Å². The van der Waals surface area contributed by atoms with E-state index in [0.717, 1.165) is 5.56 Å².